The lowest BCUT2D eigenvalue weighted by Gasteiger charge is -2.19. The van der Waals surface area contributed by atoms with Crippen LogP contribution in [-0.2, 0) is 12.2 Å². The van der Waals surface area contributed by atoms with Crippen molar-refractivity contribution in [3.05, 3.63) is 21.4 Å². The fourth-order valence-corrected chi connectivity index (χ4v) is 4.64. The van der Waals surface area contributed by atoms with E-state index in [1.54, 1.807) is 11.3 Å². The Morgan fingerprint density at radius 2 is 2.33 bits per heavy atom. The summed E-state index contributed by atoms with van der Waals surface area (Å²) in [6.07, 6.45) is 2.09. The van der Waals surface area contributed by atoms with Gasteiger partial charge in [0.15, 0.2) is 0 Å². The van der Waals surface area contributed by atoms with Crippen LogP contribution in [0.25, 0.3) is 0 Å². The quantitative estimate of drug-likeness (QED) is 0.774. The standard InChI is InChI=1S/C13H18ClNOS2/c1-2-5-15(6-4-14)13(16)12-8-10-9-17-7-3-11(10)18-12/h8H,2-7,9H2,1H3. The van der Waals surface area contributed by atoms with Crippen LogP contribution in [0, 0.1) is 0 Å². The molecule has 0 aliphatic carbocycles. The first-order chi connectivity index (χ1) is 8.76. The number of halogens is 1. The number of amides is 1. The van der Waals surface area contributed by atoms with Gasteiger partial charge in [-0.2, -0.15) is 11.8 Å². The fourth-order valence-electron chi connectivity index (χ4n) is 2.10. The molecule has 0 aromatic carbocycles. The number of nitrogens with zero attached hydrogens (tertiary/aromatic N) is 1. The summed E-state index contributed by atoms with van der Waals surface area (Å²) in [5, 5.41) is 0. The summed E-state index contributed by atoms with van der Waals surface area (Å²) in [6.45, 7) is 3.53. The zero-order valence-corrected chi connectivity index (χ0v) is 13.0. The lowest BCUT2D eigenvalue weighted by atomic mass is 10.2. The Labute approximate surface area is 122 Å². The molecule has 0 unspecified atom stereocenters. The van der Waals surface area contributed by atoms with Crippen LogP contribution in [0.2, 0.25) is 0 Å². The molecular weight excluding hydrogens is 286 g/mol. The van der Waals surface area contributed by atoms with Crippen molar-refractivity contribution in [1.82, 2.24) is 4.90 Å². The molecule has 18 heavy (non-hydrogen) atoms. The van der Waals surface area contributed by atoms with E-state index in [4.69, 9.17) is 11.6 Å². The maximum absolute atomic E-state index is 12.4. The van der Waals surface area contributed by atoms with Crippen LogP contribution < -0.4 is 0 Å². The maximum atomic E-state index is 12.4. The summed E-state index contributed by atoms with van der Waals surface area (Å²) in [4.78, 5) is 16.6. The van der Waals surface area contributed by atoms with Crippen LogP contribution in [0.3, 0.4) is 0 Å². The van der Waals surface area contributed by atoms with Crippen molar-refractivity contribution in [1.29, 1.82) is 0 Å². The number of hydrogen-bond acceptors (Lipinski definition) is 3. The maximum Gasteiger partial charge on any atom is 0.263 e. The minimum Gasteiger partial charge on any atom is -0.337 e. The summed E-state index contributed by atoms with van der Waals surface area (Å²) in [5.74, 6) is 2.90. The lowest BCUT2D eigenvalue weighted by Crippen LogP contribution is -2.32. The molecule has 0 radical (unpaired) electrons. The Balaban J connectivity index is 2.13. The van der Waals surface area contributed by atoms with Crippen LogP contribution in [0.4, 0.5) is 0 Å². The molecule has 0 N–H and O–H groups in total. The monoisotopic (exact) mass is 303 g/mol. The minimum absolute atomic E-state index is 0.155. The molecule has 1 aliphatic rings. The molecule has 0 saturated carbocycles. The van der Waals surface area contributed by atoms with Crippen molar-refractivity contribution in [2.24, 2.45) is 0 Å². The van der Waals surface area contributed by atoms with Crippen LogP contribution in [0.15, 0.2) is 6.07 Å². The van der Waals surface area contributed by atoms with Crippen LogP contribution >= 0.6 is 34.7 Å². The lowest BCUT2D eigenvalue weighted by molar-refractivity contribution is 0.0770. The van der Waals surface area contributed by atoms with E-state index >= 15 is 0 Å². The van der Waals surface area contributed by atoms with Gasteiger partial charge in [-0.05, 0) is 30.2 Å². The Morgan fingerprint density at radius 3 is 3.00 bits per heavy atom. The largest absolute Gasteiger partial charge is 0.337 e. The molecule has 1 aliphatic heterocycles. The zero-order chi connectivity index (χ0) is 13.0. The molecule has 100 valence electrons. The second-order valence-electron chi connectivity index (χ2n) is 4.34. The molecule has 0 atom stereocenters. The van der Waals surface area contributed by atoms with Crippen LogP contribution in [0.1, 0.15) is 33.5 Å². The van der Waals surface area contributed by atoms with Gasteiger partial charge in [0.2, 0.25) is 0 Å². The molecule has 0 saturated heterocycles. The number of carbonyl (C=O) groups excluding carboxylic acids is 1. The number of alkyl halides is 1. The highest BCUT2D eigenvalue weighted by atomic mass is 35.5. The molecule has 1 aromatic heterocycles. The SMILES string of the molecule is CCCN(CCCl)C(=O)c1cc2c(s1)CCSC2. The van der Waals surface area contributed by atoms with Gasteiger partial charge in [-0.25, -0.2) is 0 Å². The molecule has 2 heterocycles. The number of thioether (sulfide) groups is 1. The van der Waals surface area contributed by atoms with E-state index in [1.165, 1.54) is 16.2 Å². The van der Waals surface area contributed by atoms with Gasteiger partial charge >= 0.3 is 0 Å². The first-order valence-corrected chi connectivity index (χ1v) is 8.81. The van der Waals surface area contributed by atoms with Crippen LogP contribution in [0.5, 0.6) is 0 Å². The summed E-state index contributed by atoms with van der Waals surface area (Å²) >= 11 is 9.40. The predicted octanol–water partition coefficient (Wildman–Crippen LogP) is 3.63. The first-order valence-electron chi connectivity index (χ1n) is 6.30. The summed E-state index contributed by atoms with van der Waals surface area (Å²) in [7, 11) is 0. The molecule has 5 heteroatoms. The Bertz CT molecular complexity index is 390. The number of carbonyl (C=O) groups is 1. The zero-order valence-electron chi connectivity index (χ0n) is 10.6. The topological polar surface area (TPSA) is 20.3 Å². The highest BCUT2D eigenvalue weighted by Gasteiger charge is 2.20. The molecule has 0 fully saturated rings. The second kappa shape index (κ2) is 6.83. The number of thiophene rings is 1. The minimum atomic E-state index is 0.155. The van der Waals surface area contributed by atoms with E-state index in [2.05, 4.69) is 13.0 Å². The van der Waals surface area contributed by atoms with E-state index in [1.807, 2.05) is 16.7 Å². The molecule has 2 nitrogen and oxygen atoms in total. The van der Waals surface area contributed by atoms with E-state index in [0.29, 0.717) is 12.4 Å². The van der Waals surface area contributed by atoms with Gasteiger partial charge in [0.1, 0.15) is 0 Å². The summed E-state index contributed by atoms with van der Waals surface area (Å²) in [6, 6.07) is 2.09. The third kappa shape index (κ3) is 3.22. The summed E-state index contributed by atoms with van der Waals surface area (Å²) in [5.41, 5.74) is 1.36. The summed E-state index contributed by atoms with van der Waals surface area (Å²) < 4.78 is 0. The van der Waals surface area contributed by atoms with Gasteiger partial charge in [0.05, 0.1) is 4.88 Å². The second-order valence-corrected chi connectivity index (χ2v) is 6.96. The number of rotatable bonds is 5. The number of hydrogen-bond donors (Lipinski definition) is 0. The predicted molar refractivity (Wildman–Crippen MR) is 81.1 cm³/mol. The number of aryl methyl sites for hydroxylation is 1. The van der Waals surface area contributed by atoms with Crippen molar-refractivity contribution >= 4 is 40.6 Å². The van der Waals surface area contributed by atoms with E-state index in [-0.39, 0.29) is 5.91 Å². The first kappa shape index (κ1) is 14.2. The van der Waals surface area contributed by atoms with Gasteiger partial charge in [0, 0.05) is 29.6 Å². The average Bonchev–Trinajstić information content (AvgIpc) is 2.81. The highest BCUT2D eigenvalue weighted by Crippen LogP contribution is 2.32. The van der Waals surface area contributed by atoms with Gasteiger partial charge in [-0.1, -0.05) is 6.92 Å². The van der Waals surface area contributed by atoms with Gasteiger partial charge < -0.3 is 4.90 Å². The normalized spacial score (nSPS) is 14.3. The molecular formula is C13H18ClNOS2. The van der Waals surface area contributed by atoms with Crippen molar-refractivity contribution in [3.8, 4) is 0 Å². The Kier molecular flexibility index (Phi) is 5.39. The molecule has 1 amide bonds. The van der Waals surface area contributed by atoms with E-state index in [9.17, 15) is 4.79 Å². The van der Waals surface area contributed by atoms with Crippen molar-refractivity contribution in [3.63, 3.8) is 0 Å². The van der Waals surface area contributed by atoms with Gasteiger partial charge in [0.25, 0.3) is 5.91 Å². The molecule has 0 spiro atoms. The fraction of sp³-hybridized carbons (Fsp3) is 0.615. The van der Waals surface area contributed by atoms with Gasteiger partial charge in [-0.15, -0.1) is 22.9 Å². The smallest absolute Gasteiger partial charge is 0.263 e. The van der Waals surface area contributed by atoms with E-state index < -0.39 is 0 Å². The third-order valence-corrected chi connectivity index (χ3v) is 5.38. The van der Waals surface area contributed by atoms with E-state index in [0.717, 1.165) is 30.0 Å². The van der Waals surface area contributed by atoms with Crippen molar-refractivity contribution < 1.29 is 4.79 Å². The third-order valence-electron chi connectivity index (χ3n) is 2.97. The number of fused-ring (bicyclic) bond motifs is 1. The molecule has 2 rings (SSSR count). The van der Waals surface area contributed by atoms with Crippen molar-refractivity contribution in [2.75, 3.05) is 24.7 Å². The Morgan fingerprint density at radius 1 is 1.50 bits per heavy atom. The van der Waals surface area contributed by atoms with Crippen LogP contribution in [-0.4, -0.2) is 35.5 Å². The van der Waals surface area contributed by atoms with Crippen molar-refractivity contribution in [2.45, 2.75) is 25.5 Å². The average molecular weight is 304 g/mol. The molecule has 1 aromatic rings. The molecule has 0 bridgehead atoms. The van der Waals surface area contributed by atoms with Gasteiger partial charge in [-0.3, -0.25) is 4.79 Å². The highest BCUT2D eigenvalue weighted by molar-refractivity contribution is 7.98. The Hall–Kier alpha value is -0.190.